The van der Waals surface area contributed by atoms with Gasteiger partial charge in [0.25, 0.3) is 0 Å². The highest BCUT2D eigenvalue weighted by Gasteiger charge is 2.23. The van der Waals surface area contributed by atoms with Gasteiger partial charge in [-0.05, 0) is 42.6 Å². The number of aliphatic hydroxyl groups is 1. The average Bonchev–Trinajstić information content (AvgIpc) is 3.08. The molecule has 0 saturated carbocycles. The Morgan fingerprint density at radius 1 is 1.08 bits per heavy atom. The number of rotatable bonds is 7. The topological polar surface area (TPSA) is 41.9 Å². The van der Waals surface area contributed by atoms with Gasteiger partial charge >= 0.3 is 0 Å². The maximum absolute atomic E-state index is 9.45. The Morgan fingerprint density at radius 2 is 1.92 bits per heavy atom. The third kappa shape index (κ3) is 4.08. The van der Waals surface area contributed by atoms with E-state index in [2.05, 4.69) is 11.0 Å². The van der Waals surface area contributed by atoms with Crippen LogP contribution in [0.5, 0.6) is 11.5 Å². The predicted octanol–water partition coefficient (Wildman–Crippen LogP) is 3.23. The summed E-state index contributed by atoms with van der Waals surface area (Å²) in [4.78, 5) is 2.33. The third-order valence-corrected chi connectivity index (χ3v) is 4.56. The van der Waals surface area contributed by atoms with Gasteiger partial charge < -0.3 is 14.6 Å². The molecule has 0 bridgehead atoms. The van der Waals surface area contributed by atoms with E-state index in [0.717, 1.165) is 43.0 Å². The summed E-state index contributed by atoms with van der Waals surface area (Å²) in [5, 5.41) is 9.45. The summed E-state index contributed by atoms with van der Waals surface area (Å²) in [6.45, 7) is 2.63. The molecule has 0 radical (unpaired) electrons. The van der Waals surface area contributed by atoms with Gasteiger partial charge in [0.05, 0.1) is 13.7 Å². The monoisotopic (exact) mass is 327 g/mol. The molecule has 2 aromatic carbocycles. The molecule has 1 heterocycles. The molecule has 1 saturated heterocycles. The van der Waals surface area contributed by atoms with Crippen molar-refractivity contribution in [1.29, 1.82) is 0 Å². The van der Waals surface area contributed by atoms with Crippen molar-refractivity contribution in [2.75, 3.05) is 20.3 Å². The maximum atomic E-state index is 9.45. The molecule has 1 aliphatic rings. The van der Waals surface area contributed by atoms with Gasteiger partial charge in [0.1, 0.15) is 6.61 Å². The van der Waals surface area contributed by atoms with Gasteiger partial charge in [-0.15, -0.1) is 0 Å². The van der Waals surface area contributed by atoms with Crippen LogP contribution >= 0.6 is 0 Å². The lowest BCUT2D eigenvalue weighted by molar-refractivity contribution is 0.153. The van der Waals surface area contributed by atoms with Crippen molar-refractivity contribution in [2.24, 2.45) is 0 Å². The highest BCUT2D eigenvalue weighted by Crippen LogP contribution is 2.30. The van der Waals surface area contributed by atoms with Crippen molar-refractivity contribution in [1.82, 2.24) is 4.90 Å². The lowest BCUT2D eigenvalue weighted by Crippen LogP contribution is -2.31. The van der Waals surface area contributed by atoms with Crippen LogP contribution in [0.1, 0.15) is 24.0 Å². The second-order valence-electron chi connectivity index (χ2n) is 6.21. The molecular formula is C20H25NO3. The summed E-state index contributed by atoms with van der Waals surface area (Å²) in [5.74, 6) is 1.51. The van der Waals surface area contributed by atoms with Crippen LogP contribution in [0.4, 0.5) is 0 Å². The van der Waals surface area contributed by atoms with Gasteiger partial charge in [0, 0.05) is 12.6 Å². The number of nitrogens with zero attached hydrogens (tertiary/aromatic N) is 1. The SMILES string of the molecule is COc1cc(CN2CCC[C@@H]2CO)ccc1OCc1ccccc1. The minimum absolute atomic E-state index is 0.232. The summed E-state index contributed by atoms with van der Waals surface area (Å²) in [6.07, 6.45) is 2.23. The van der Waals surface area contributed by atoms with Crippen molar-refractivity contribution in [3.05, 3.63) is 59.7 Å². The fourth-order valence-corrected chi connectivity index (χ4v) is 3.21. The van der Waals surface area contributed by atoms with E-state index in [1.165, 1.54) is 5.56 Å². The molecule has 2 aromatic rings. The molecule has 24 heavy (non-hydrogen) atoms. The Bertz CT molecular complexity index is 645. The molecule has 0 spiro atoms. The van der Waals surface area contributed by atoms with Crippen molar-refractivity contribution in [3.63, 3.8) is 0 Å². The first kappa shape index (κ1) is 16.8. The second kappa shape index (κ2) is 8.18. The van der Waals surface area contributed by atoms with Crippen LogP contribution in [0.15, 0.2) is 48.5 Å². The van der Waals surface area contributed by atoms with Crippen LogP contribution in [-0.4, -0.2) is 36.3 Å². The number of hydrogen-bond donors (Lipinski definition) is 1. The van der Waals surface area contributed by atoms with E-state index >= 15 is 0 Å². The van der Waals surface area contributed by atoms with Crippen molar-refractivity contribution >= 4 is 0 Å². The lowest BCUT2D eigenvalue weighted by Gasteiger charge is -2.23. The van der Waals surface area contributed by atoms with Crippen LogP contribution in [0.25, 0.3) is 0 Å². The van der Waals surface area contributed by atoms with E-state index in [-0.39, 0.29) is 12.6 Å². The fourth-order valence-electron chi connectivity index (χ4n) is 3.21. The highest BCUT2D eigenvalue weighted by molar-refractivity contribution is 5.43. The van der Waals surface area contributed by atoms with Crippen LogP contribution in [-0.2, 0) is 13.2 Å². The summed E-state index contributed by atoms with van der Waals surface area (Å²) in [6, 6.07) is 16.5. The fraction of sp³-hybridized carbons (Fsp3) is 0.400. The molecule has 4 nitrogen and oxygen atoms in total. The van der Waals surface area contributed by atoms with Gasteiger partial charge in [0.15, 0.2) is 11.5 Å². The molecule has 3 rings (SSSR count). The minimum atomic E-state index is 0.232. The standard InChI is InChI=1S/C20H25NO3/c1-23-20-12-17(13-21-11-5-8-18(21)14-22)9-10-19(20)24-15-16-6-3-2-4-7-16/h2-4,6-7,9-10,12,18,22H,5,8,11,13-15H2,1H3/t18-/m1/s1. The zero-order chi connectivity index (χ0) is 16.8. The molecular weight excluding hydrogens is 302 g/mol. The van der Waals surface area contributed by atoms with Crippen molar-refractivity contribution < 1.29 is 14.6 Å². The highest BCUT2D eigenvalue weighted by atomic mass is 16.5. The number of hydrogen-bond acceptors (Lipinski definition) is 4. The van der Waals surface area contributed by atoms with Crippen LogP contribution < -0.4 is 9.47 Å². The Morgan fingerprint density at radius 3 is 2.67 bits per heavy atom. The van der Waals surface area contributed by atoms with Gasteiger partial charge in [0.2, 0.25) is 0 Å². The molecule has 1 aliphatic heterocycles. The molecule has 1 fully saturated rings. The molecule has 0 unspecified atom stereocenters. The zero-order valence-electron chi connectivity index (χ0n) is 14.1. The third-order valence-electron chi connectivity index (χ3n) is 4.56. The Kier molecular flexibility index (Phi) is 5.72. The number of ether oxygens (including phenoxy) is 2. The first-order valence-electron chi connectivity index (χ1n) is 8.48. The molecule has 1 N–H and O–H groups in total. The first-order chi connectivity index (χ1) is 11.8. The molecule has 0 aliphatic carbocycles. The van der Waals surface area contributed by atoms with E-state index < -0.39 is 0 Å². The zero-order valence-corrected chi connectivity index (χ0v) is 14.1. The summed E-state index contributed by atoms with van der Waals surface area (Å²) in [7, 11) is 1.67. The van der Waals surface area contributed by atoms with E-state index in [0.29, 0.717) is 6.61 Å². The molecule has 4 heteroatoms. The van der Waals surface area contributed by atoms with E-state index in [4.69, 9.17) is 9.47 Å². The molecule has 0 amide bonds. The van der Waals surface area contributed by atoms with Gasteiger partial charge in [-0.1, -0.05) is 36.4 Å². The lowest BCUT2D eigenvalue weighted by atomic mass is 10.1. The Hall–Kier alpha value is -2.04. The van der Waals surface area contributed by atoms with E-state index in [9.17, 15) is 5.11 Å². The summed E-state index contributed by atoms with van der Waals surface area (Å²) < 4.78 is 11.4. The normalized spacial score (nSPS) is 17.8. The first-order valence-corrected chi connectivity index (χ1v) is 8.48. The summed E-state index contributed by atoms with van der Waals surface area (Å²) >= 11 is 0. The van der Waals surface area contributed by atoms with E-state index in [1.54, 1.807) is 7.11 Å². The van der Waals surface area contributed by atoms with Crippen LogP contribution in [0.2, 0.25) is 0 Å². The van der Waals surface area contributed by atoms with Crippen molar-refractivity contribution in [3.8, 4) is 11.5 Å². The number of benzene rings is 2. The minimum Gasteiger partial charge on any atom is -0.493 e. The quantitative estimate of drug-likeness (QED) is 0.848. The smallest absolute Gasteiger partial charge is 0.161 e. The second-order valence-corrected chi connectivity index (χ2v) is 6.21. The van der Waals surface area contributed by atoms with E-state index in [1.807, 2.05) is 42.5 Å². The molecule has 0 aromatic heterocycles. The largest absolute Gasteiger partial charge is 0.493 e. The van der Waals surface area contributed by atoms with Gasteiger partial charge in [-0.3, -0.25) is 4.90 Å². The maximum Gasteiger partial charge on any atom is 0.161 e. The molecule has 1 atom stereocenters. The number of methoxy groups -OCH3 is 1. The predicted molar refractivity (Wildman–Crippen MR) is 94.3 cm³/mol. The Labute approximate surface area is 143 Å². The number of likely N-dealkylation sites (tertiary alicyclic amines) is 1. The van der Waals surface area contributed by atoms with Crippen molar-refractivity contribution in [2.45, 2.75) is 32.0 Å². The molecule has 128 valence electrons. The van der Waals surface area contributed by atoms with Gasteiger partial charge in [-0.25, -0.2) is 0 Å². The van der Waals surface area contributed by atoms with Crippen LogP contribution in [0, 0.1) is 0 Å². The number of aliphatic hydroxyl groups excluding tert-OH is 1. The average molecular weight is 327 g/mol. The summed E-state index contributed by atoms with van der Waals surface area (Å²) in [5.41, 5.74) is 2.31. The Balaban J connectivity index is 1.66. The van der Waals surface area contributed by atoms with Crippen LogP contribution in [0.3, 0.4) is 0 Å². The van der Waals surface area contributed by atoms with Gasteiger partial charge in [-0.2, -0.15) is 0 Å².